The van der Waals surface area contributed by atoms with Crippen molar-refractivity contribution in [3.63, 3.8) is 0 Å². The molecule has 0 spiro atoms. The maximum Gasteiger partial charge on any atom is 0.225 e. The van der Waals surface area contributed by atoms with E-state index in [0.29, 0.717) is 30.9 Å². The molecular weight excluding hydrogens is 306 g/mol. The number of Topliss-reactive ketones (excluding diaryl/α,β-unsaturated/α-hetero) is 2. The lowest BCUT2D eigenvalue weighted by Crippen LogP contribution is -2.50. The van der Waals surface area contributed by atoms with E-state index in [0.717, 1.165) is 37.2 Å². The summed E-state index contributed by atoms with van der Waals surface area (Å²) in [5.41, 5.74) is 2.66. The number of carbonyl (C=O) groups excluding carboxylic acids is 3. The fourth-order valence-corrected chi connectivity index (χ4v) is 3.55. The number of H-pyrrole nitrogens is 1. The van der Waals surface area contributed by atoms with Gasteiger partial charge in [-0.1, -0.05) is 0 Å². The molecule has 130 valence electrons. The van der Waals surface area contributed by atoms with Gasteiger partial charge in [0.2, 0.25) is 5.91 Å². The summed E-state index contributed by atoms with van der Waals surface area (Å²) >= 11 is 0. The molecule has 1 aromatic heterocycles. The van der Waals surface area contributed by atoms with E-state index in [1.165, 1.54) is 6.92 Å². The van der Waals surface area contributed by atoms with Crippen molar-refractivity contribution in [2.45, 2.75) is 33.6 Å². The Morgan fingerprint density at radius 3 is 2.21 bits per heavy atom. The van der Waals surface area contributed by atoms with Gasteiger partial charge in [0.1, 0.15) is 0 Å². The van der Waals surface area contributed by atoms with Gasteiger partial charge in [0, 0.05) is 43.4 Å². The number of aryl methyl sites for hydroxylation is 1. The molecule has 1 aliphatic carbocycles. The number of rotatable bonds is 5. The average Bonchev–Trinajstić information content (AvgIpc) is 3.32. The van der Waals surface area contributed by atoms with Gasteiger partial charge in [0.05, 0.1) is 12.2 Å². The number of amides is 1. The molecule has 0 unspecified atom stereocenters. The van der Waals surface area contributed by atoms with Crippen LogP contribution >= 0.6 is 0 Å². The minimum atomic E-state index is -0.0208. The molecule has 0 radical (unpaired) electrons. The smallest absolute Gasteiger partial charge is 0.225 e. The Balaban J connectivity index is 1.59. The van der Waals surface area contributed by atoms with Crippen molar-refractivity contribution in [2.75, 3.05) is 32.7 Å². The van der Waals surface area contributed by atoms with Crippen molar-refractivity contribution < 1.29 is 14.4 Å². The summed E-state index contributed by atoms with van der Waals surface area (Å²) < 4.78 is 0. The van der Waals surface area contributed by atoms with Crippen LogP contribution in [0.4, 0.5) is 0 Å². The van der Waals surface area contributed by atoms with Gasteiger partial charge in [0.15, 0.2) is 11.6 Å². The number of ketones is 2. The van der Waals surface area contributed by atoms with Gasteiger partial charge < -0.3 is 9.88 Å². The summed E-state index contributed by atoms with van der Waals surface area (Å²) in [6, 6.07) is 0. The van der Waals surface area contributed by atoms with Crippen LogP contribution in [0.25, 0.3) is 0 Å². The van der Waals surface area contributed by atoms with Crippen molar-refractivity contribution in [3.8, 4) is 0 Å². The van der Waals surface area contributed by atoms with Gasteiger partial charge >= 0.3 is 0 Å². The van der Waals surface area contributed by atoms with Crippen LogP contribution in [-0.2, 0) is 4.79 Å². The van der Waals surface area contributed by atoms with E-state index >= 15 is 0 Å². The predicted molar refractivity (Wildman–Crippen MR) is 90.3 cm³/mol. The van der Waals surface area contributed by atoms with Crippen molar-refractivity contribution in [2.24, 2.45) is 5.92 Å². The van der Waals surface area contributed by atoms with Crippen molar-refractivity contribution in [1.82, 2.24) is 14.8 Å². The van der Waals surface area contributed by atoms with Crippen LogP contribution in [0, 0.1) is 19.8 Å². The fraction of sp³-hybridized carbons (Fsp3) is 0.611. The van der Waals surface area contributed by atoms with Gasteiger partial charge in [-0.2, -0.15) is 0 Å². The monoisotopic (exact) mass is 331 g/mol. The highest BCUT2D eigenvalue weighted by atomic mass is 16.2. The normalized spacial score (nSPS) is 18.7. The lowest BCUT2D eigenvalue weighted by molar-refractivity contribution is -0.134. The van der Waals surface area contributed by atoms with E-state index in [2.05, 4.69) is 9.88 Å². The second kappa shape index (κ2) is 6.51. The number of nitrogens with zero attached hydrogens (tertiary/aromatic N) is 2. The molecule has 2 heterocycles. The molecule has 0 atom stereocenters. The number of hydrogen-bond acceptors (Lipinski definition) is 4. The zero-order valence-electron chi connectivity index (χ0n) is 14.6. The molecule has 1 saturated heterocycles. The Kier molecular flexibility index (Phi) is 4.58. The van der Waals surface area contributed by atoms with Crippen LogP contribution in [0.3, 0.4) is 0 Å². The third-order valence-electron chi connectivity index (χ3n) is 5.05. The molecule has 1 aliphatic heterocycles. The number of nitrogens with one attached hydrogen (secondary N) is 1. The Bertz CT molecular complexity index is 680. The van der Waals surface area contributed by atoms with Crippen LogP contribution in [0.1, 0.15) is 51.9 Å². The summed E-state index contributed by atoms with van der Waals surface area (Å²) in [5.74, 6) is 0.521. The topological polar surface area (TPSA) is 73.5 Å². The number of hydrogen-bond donors (Lipinski definition) is 1. The lowest BCUT2D eigenvalue weighted by atomic mass is 10.1. The van der Waals surface area contributed by atoms with Gasteiger partial charge in [-0.3, -0.25) is 19.3 Å². The maximum absolute atomic E-state index is 12.6. The Labute approximate surface area is 142 Å². The third kappa shape index (κ3) is 3.29. The van der Waals surface area contributed by atoms with E-state index in [1.54, 1.807) is 0 Å². The minimum Gasteiger partial charge on any atom is -0.355 e. The lowest BCUT2D eigenvalue weighted by Gasteiger charge is -2.34. The standard InChI is InChI=1S/C18H25N3O3/c1-11-16(13(3)22)12(2)19-17(11)15(23)10-20-6-8-21(9-7-20)18(24)14-4-5-14/h14,19H,4-10H2,1-3H3. The zero-order chi connectivity index (χ0) is 17.4. The minimum absolute atomic E-state index is 0.00469. The quantitative estimate of drug-likeness (QED) is 0.831. The summed E-state index contributed by atoms with van der Waals surface area (Å²) in [7, 11) is 0. The summed E-state index contributed by atoms with van der Waals surface area (Å²) in [6.45, 7) is 8.33. The Morgan fingerprint density at radius 1 is 1.08 bits per heavy atom. The largest absolute Gasteiger partial charge is 0.355 e. The molecule has 6 nitrogen and oxygen atoms in total. The molecule has 0 aromatic carbocycles. The molecule has 1 aromatic rings. The van der Waals surface area contributed by atoms with Gasteiger partial charge in [-0.25, -0.2) is 0 Å². The first kappa shape index (κ1) is 16.9. The highest BCUT2D eigenvalue weighted by Gasteiger charge is 2.34. The van der Waals surface area contributed by atoms with Gasteiger partial charge in [-0.05, 0) is 39.2 Å². The zero-order valence-corrected chi connectivity index (χ0v) is 14.6. The molecule has 3 rings (SSSR count). The number of carbonyl (C=O) groups is 3. The highest BCUT2D eigenvalue weighted by Crippen LogP contribution is 2.31. The highest BCUT2D eigenvalue weighted by molar-refractivity contribution is 6.03. The van der Waals surface area contributed by atoms with Crippen LogP contribution in [-0.4, -0.2) is 65.0 Å². The fourth-order valence-electron chi connectivity index (χ4n) is 3.55. The molecular formula is C18H25N3O3. The summed E-state index contributed by atoms with van der Waals surface area (Å²) in [5, 5.41) is 0. The van der Waals surface area contributed by atoms with Crippen LogP contribution < -0.4 is 0 Å². The SMILES string of the molecule is CC(=O)c1c(C)[nH]c(C(=O)CN2CCN(C(=O)C3CC3)CC2)c1C. The summed E-state index contributed by atoms with van der Waals surface area (Å²) in [4.78, 5) is 43.4. The Hall–Kier alpha value is -1.95. The van der Waals surface area contributed by atoms with E-state index in [-0.39, 0.29) is 23.4 Å². The first-order valence-electron chi connectivity index (χ1n) is 8.63. The van der Waals surface area contributed by atoms with Crippen molar-refractivity contribution >= 4 is 17.5 Å². The van der Waals surface area contributed by atoms with Gasteiger partial charge in [-0.15, -0.1) is 0 Å². The van der Waals surface area contributed by atoms with E-state index in [4.69, 9.17) is 0 Å². The number of aromatic amines is 1. The Morgan fingerprint density at radius 2 is 1.71 bits per heavy atom. The second-order valence-electron chi connectivity index (χ2n) is 6.98. The number of aromatic nitrogens is 1. The molecule has 1 saturated carbocycles. The third-order valence-corrected chi connectivity index (χ3v) is 5.05. The molecule has 1 amide bonds. The van der Waals surface area contributed by atoms with Gasteiger partial charge in [0.25, 0.3) is 0 Å². The second-order valence-corrected chi connectivity index (χ2v) is 6.98. The first-order chi connectivity index (χ1) is 11.4. The average molecular weight is 331 g/mol. The van der Waals surface area contributed by atoms with E-state index < -0.39 is 0 Å². The molecule has 0 bridgehead atoms. The van der Waals surface area contributed by atoms with Crippen LogP contribution in [0.15, 0.2) is 0 Å². The maximum atomic E-state index is 12.6. The first-order valence-corrected chi connectivity index (χ1v) is 8.63. The van der Waals surface area contributed by atoms with E-state index in [1.807, 2.05) is 18.7 Å². The molecule has 2 aliphatic rings. The molecule has 24 heavy (non-hydrogen) atoms. The van der Waals surface area contributed by atoms with Crippen LogP contribution in [0.5, 0.6) is 0 Å². The van der Waals surface area contributed by atoms with E-state index in [9.17, 15) is 14.4 Å². The number of piperazine rings is 1. The molecule has 1 N–H and O–H groups in total. The van der Waals surface area contributed by atoms with Crippen molar-refractivity contribution in [1.29, 1.82) is 0 Å². The molecule has 6 heteroatoms. The van der Waals surface area contributed by atoms with Crippen LogP contribution in [0.2, 0.25) is 0 Å². The summed E-state index contributed by atoms with van der Waals surface area (Å²) in [6.07, 6.45) is 2.06. The predicted octanol–water partition coefficient (Wildman–Crippen LogP) is 1.57. The molecule has 2 fully saturated rings. The van der Waals surface area contributed by atoms with Crippen molar-refractivity contribution in [3.05, 3.63) is 22.5 Å².